The Labute approximate surface area is 124 Å². The summed E-state index contributed by atoms with van der Waals surface area (Å²) in [6, 6.07) is 11.9. The second kappa shape index (κ2) is 7.20. The normalized spacial score (nSPS) is 12.2. The molecular weight excluding hydrogens is 271 g/mol. The quantitative estimate of drug-likeness (QED) is 0.888. The van der Waals surface area contributed by atoms with E-state index in [9.17, 15) is 9.50 Å². The molecule has 0 heterocycles. The Bertz CT molecular complexity index is 581. The van der Waals surface area contributed by atoms with Gasteiger partial charge in [0.2, 0.25) is 0 Å². The number of ether oxygens (including phenoxy) is 2. The van der Waals surface area contributed by atoms with Gasteiger partial charge in [0, 0.05) is 18.7 Å². The smallest absolute Gasteiger partial charge is 0.133 e. The Kier molecular flexibility index (Phi) is 5.31. The molecule has 0 fully saturated rings. The zero-order valence-corrected chi connectivity index (χ0v) is 12.2. The van der Waals surface area contributed by atoms with Gasteiger partial charge in [-0.1, -0.05) is 24.3 Å². The number of benzene rings is 2. The number of hydrogen-bond acceptors (Lipinski definition) is 3. The van der Waals surface area contributed by atoms with E-state index >= 15 is 0 Å². The molecule has 0 saturated heterocycles. The maximum absolute atomic E-state index is 14.0. The second-order valence-electron chi connectivity index (χ2n) is 4.77. The van der Waals surface area contributed by atoms with Crippen molar-refractivity contribution in [2.24, 2.45) is 0 Å². The predicted molar refractivity (Wildman–Crippen MR) is 79.0 cm³/mol. The Morgan fingerprint density at radius 3 is 2.38 bits per heavy atom. The second-order valence-corrected chi connectivity index (χ2v) is 4.77. The molecule has 0 saturated carbocycles. The SMILES string of the molecule is COCCc1ccc(C(O)c2ccc(OC)cc2F)cc1. The molecule has 0 aliphatic heterocycles. The maximum Gasteiger partial charge on any atom is 0.133 e. The monoisotopic (exact) mass is 290 g/mol. The molecule has 0 amide bonds. The molecule has 1 unspecified atom stereocenters. The summed E-state index contributed by atoms with van der Waals surface area (Å²) in [5.74, 6) is -0.0522. The third-order valence-electron chi connectivity index (χ3n) is 3.39. The van der Waals surface area contributed by atoms with E-state index in [4.69, 9.17) is 9.47 Å². The average Bonchev–Trinajstić information content (AvgIpc) is 2.52. The van der Waals surface area contributed by atoms with Crippen LogP contribution in [-0.2, 0) is 11.2 Å². The van der Waals surface area contributed by atoms with Crippen molar-refractivity contribution in [3.63, 3.8) is 0 Å². The number of methoxy groups -OCH3 is 2. The summed E-state index contributed by atoms with van der Waals surface area (Å²) >= 11 is 0. The van der Waals surface area contributed by atoms with Gasteiger partial charge in [0.15, 0.2) is 0 Å². The van der Waals surface area contributed by atoms with Gasteiger partial charge in [-0.3, -0.25) is 0 Å². The van der Waals surface area contributed by atoms with Crippen LogP contribution in [0.15, 0.2) is 42.5 Å². The largest absolute Gasteiger partial charge is 0.497 e. The van der Waals surface area contributed by atoms with E-state index < -0.39 is 11.9 Å². The molecule has 112 valence electrons. The molecule has 0 bridgehead atoms. The molecular formula is C17H19FO3. The highest BCUT2D eigenvalue weighted by Gasteiger charge is 2.15. The summed E-state index contributed by atoms with van der Waals surface area (Å²) < 4.78 is 23.9. The lowest BCUT2D eigenvalue weighted by molar-refractivity contribution is 0.202. The standard InChI is InChI=1S/C17H19FO3/c1-20-10-9-12-3-5-13(6-4-12)17(19)15-8-7-14(21-2)11-16(15)18/h3-8,11,17,19H,9-10H2,1-2H3. The van der Waals surface area contributed by atoms with Crippen LogP contribution < -0.4 is 4.74 Å². The zero-order valence-electron chi connectivity index (χ0n) is 12.2. The van der Waals surface area contributed by atoms with Crippen LogP contribution in [0.1, 0.15) is 22.8 Å². The fourth-order valence-electron chi connectivity index (χ4n) is 2.12. The molecule has 4 heteroatoms. The van der Waals surface area contributed by atoms with Crippen LogP contribution in [0.2, 0.25) is 0 Å². The fourth-order valence-corrected chi connectivity index (χ4v) is 2.12. The summed E-state index contributed by atoms with van der Waals surface area (Å²) in [5.41, 5.74) is 2.00. The molecule has 0 aliphatic rings. The number of aliphatic hydroxyl groups is 1. The van der Waals surface area contributed by atoms with Crippen LogP contribution >= 0.6 is 0 Å². The highest BCUT2D eigenvalue weighted by Crippen LogP contribution is 2.27. The molecule has 1 N–H and O–H groups in total. The van der Waals surface area contributed by atoms with E-state index in [0.717, 1.165) is 12.0 Å². The Hall–Kier alpha value is -1.91. The number of hydrogen-bond donors (Lipinski definition) is 1. The van der Waals surface area contributed by atoms with Crippen molar-refractivity contribution in [1.82, 2.24) is 0 Å². The van der Waals surface area contributed by atoms with E-state index in [-0.39, 0.29) is 5.56 Å². The summed E-state index contributed by atoms with van der Waals surface area (Å²) in [4.78, 5) is 0. The van der Waals surface area contributed by atoms with Crippen molar-refractivity contribution in [1.29, 1.82) is 0 Å². The molecule has 2 aromatic carbocycles. The first-order valence-electron chi connectivity index (χ1n) is 6.75. The minimum absolute atomic E-state index is 0.237. The van der Waals surface area contributed by atoms with Crippen LogP contribution in [0, 0.1) is 5.82 Å². The molecule has 0 aromatic heterocycles. The highest BCUT2D eigenvalue weighted by atomic mass is 19.1. The number of rotatable bonds is 6. The van der Waals surface area contributed by atoms with Crippen LogP contribution in [0.25, 0.3) is 0 Å². The minimum atomic E-state index is -0.993. The highest BCUT2D eigenvalue weighted by molar-refractivity contribution is 5.36. The van der Waals surface area contributed by atoms with Crippen molar-refractivity contribution >= 4 is 0 Å². The van der Waals surface area contributed by atoms with E-state index in [2.05, 4.69) is 0 Å². The van der Waals surface area contributed by atoms with Crippen LogP contribution in [-0.4, -0.2) is 25.9 Å². The van der Waals surface area contributed by atoms with Crippen LogP contribution in [0.3, 0.4) is 0 Å². The van der Waals surface area contributed by atoms with Gasteiger partial charge in [-0.2, -0.15) is 0 Å². The molecule has 1 atom stereocenters. The molecule has 0 spiro atoms. The van der Waals surface area contributed by atoms with E-state index in [0.29, 0.717) is 17.9 Å². The van der Waals surface area contributed by atoms with Crippen molar-refractivity contribution in [2.45, 2.75) is 12.5 Å². The molecule has 3 nitrogen and oxygen atoms in total. The lowest BCUT2D eigenvalue weighted by atomic mass is 9.99. The van der Waals surface area contributed by atoms with Gasteiger partial charge in [-0.25, -0.2) is 4.39 Å². The van der Waals surface area contributed by atoms with Gasteiger partial charge in [0.05, 0.1) is 13.7 Å². The van der Waals surface area contributed by atoms with E-state index in [1.807, 2.05) is 12.1 Å². The van der Waals surface area contributed by atoms with Crippen molar-refractivity contribution in [2.75, 3.05) is 20.8 Å². The first-order valence-corrected chi connectivity index (χ1v) is 6.75. The van der Waals surface area contributed by atoms with Crippen molar-refractivity contribution < 1.29 is 19.0 Å². The number of aliphatic hydroxyl groups excluding tert-OH is 1. The first kappa shape index (κ1) is 15.5. The van der Waals surface area contributed by atoms with Gasteiger partial charge < -0.3 is 14.6 Å². The summed E-state index contributed by atoms with van der Waals surface area (Å²) in [5, 5.41) is 10.3. The molecule has 21 heavy (non-hydrogen) atoms. The Morgan fingerprint density at radius 1 is 1.10 bits per heavy atom. The summed E-state index contributed by atoms with van der Waals surface area (Å²) in [6.07, 6.45) is -0.184. The molecule has 0 aliphatic carbocycles. The topological polar surface area (TPSA) is 38.7 Å². The third kappa shape index (κ3) is 3.80. The average molecular weight is 290 g/mol. The molecule has 2 aromatic rings. The summed E-state index contributed by atoms with van der Waals surface area (Å²) in [6.45, 7) is 0.648. The van der Waals surface area contributed by atoms with E-state index in [1.165, 1.54) is 19.2 Å². The lowest BCUT2D eigenvalue weighted by Crippen LogP contribution is -2.03. The van der Waals surface area contributed by atoms with Gasteiger partial charge in [-0.15, -0.1) is 0 Å². The number of halogens is 1. The first-order chi connectivity index (χ1) is 10.2. The Morgan fingerprint density at radius 2 is 1.81 bits per heavy atom. The lowest BCUT2D eigenvalue weighted by Gasteiger charge is -2.14. The minimum Gasteiger partial charge on any atom is -0.497 e. The van der Waals surface area contributed by atoms with E-state index in [1.54, 1.807) is 25.3 Å². The zero-order chi connectivity index (χ0) is 15.2. The molecule has 2 rings (SSSR count). The maximum atomic E-state index is 14.0. The van der Waals surface area contributed by atoms with Gasteiger partial charge in [-0.05, 0) is 29.7 Å². The van der Waals surface area contributed by atoms with Gasteiger partial charge in [0.1, 0.15) is 17.7 Å². The molecule has 0 radical (unpaired) electrons. The van der Waals surface area contributed by atoms with Gasteiger partial charge >= 0.3 is 0 Å². The van der Waals surface area contributed by atoms with Crippen molar-refractivity contribution in [3.8, 4) is 5.75 Å². The Balaban J connectivity index is 2.17. The van der Waals surface area contributed by atoms with Crippen LogP contribution in [0.4, 0.5) is 4.39 Å². The third-order valence-corrected chi connectivity index (χ3v) is 3.39. The van der Waals surface area contributed by atoms with Crippen LogP contribution in [0.5, 0.6) is 5.75 Å². The van der Waals surface area contributed by atoms with Gasteiger partial charge in [0.25, 0.3) is 0 Å². The van der Waals surface area contributed by atoms with Crippen molar-refractivity contribution in [3.05, 3.63) is 65.0 Å². The fraction of sp³-hybridized carbons (Fsp3) is 0.294. The summed E-state index contributed by atoms with van der Waals surface area (Å²) in [7, 11) is 3.13. The predicted octanol–water partition coefficient (Wildman–Crippen LogP) is 3.10.